The van der Waals surface area contributed by atoms with Gasteiger partial charge >= 0.3 is 5.97 Å². The van der Waals surface area contributed by atoms with Crippen LogP contribution in [0.5, 0.6) is 0 Å². The van der Waals surface area contributed by atoms with Crippen molar-refractivity contribution in [1.82, 2.24) is 0 Å². The van der Waals surface area contributed by atoms with Crippen LogP contribution in [-0.4, -0.2) is 12.6 Å². The van der Waals surface area contributed by atoms with E-state index in [9.17, 15) is 4.79 Å². The van der Waals surface area contributed by atoms with Gasteiger partial charge < -0.3 is 4.74 Å². The lowest BCUT2D eigenvalue weighted by Gasteiger charge is -2.23. The van der Waals surface area contributed by atoms with Gasteiger partial charge in [0.25, 0.3) is 0 Å². The zero-order valence-electron chi connectivity index (χ0n) is 9.05. The number of esters is 1. The maximum atomic E-state index is 11.2. The zero-order valence-corrected chi connectivity index (χ0v) is 9.05. The monoisotopic (exact) mass is 196 g/mol. The quantitative estimate of drug-likeness (QED) is 0.384. The van der Waals surface area contributed by atoms with E-state index >= 15 is 0 Å². The van der Waals surface area contributed by atoms with E-state index in [1.54, 1.807) is 0 Å². The lowest BCUT2D eigenvalue weighted by molar-refractivity contribution is -0.142. The number of hydrogen-bond acceptors (Lipinski definition) is 2. The lowest BCUT2D eigenvalue weighted by Crippen LogP contribution is -2.23. The van der Waals surface area contributed by atoms with E-state index in [2.05, 4.69) is 13.5 Å². The number of hydrogen-bond donors (Lipinski definition) is 0. The third-order valence-electron chi connectivity index (χ3n) is 2.86. The number of carbonyl (C=O) groups excluding carboxylic acids is 1. The van der Waals surface area contributed by atoms with Gasteiger partial charge in [0.05, 0.1) is 6.61 Å². The van der Waals surface area contributed by atoms with Crippen LogP contribution in [0.25, 0.3) is 0 Å². The summed E-state index contributed by atoms with van der Waals surface area (Å²) in [5, 5.41) is 0. The van der Waals surface area contributed by atoms with Crippen molar-refractivity contribution in [3.05, 3.63) is 12.2 Å². The summed E-state index contributed by atoms with van der Waals surface area (Å²) < 4.78 is 4.91. The minimum absolute atomic E-state index is 0.184. The molecule has 0 amide bonds. The summed E-state index contributed by atoms with van der Waals surface area (Å²) in [6.07, 6.45) is 7.11. The predicted octanol–water partition coefficient (Wildman–Crippen LogP) is 3.08. The van der Waals surface area contributed by atoms with Gasteiger partial charge in [0.15, 0.2) is 0 Å². The van der Waals surface area contributed by atoms with Gasteiger partial charge in [-0.3, -0.25) is 0 Å². The van der Waals surface area contributed by atoms with Crippen LogP contribution in [0.2, 0.25) is 0 Å². The van der Waals surface area contributed by atoms with Gasteiger partial charge in [-0.25, -0.2) is 4.79 Å². The molecule has 0 aromatic heterocycles. The van der Waals surface area contributed by atoms with Crippen molar-refractivity contribution >= 4 is 5.97 Å². The molecule has 0 bridgehead atoms. The number of unbranched alkanes of at least 4 members (excludes halogenated alkanes) is 3. The second-order valence-corrected chi connectivity index (χ2v) is 4.00. The molecule has 1 heterocycles. The molecule has 80 valence electrons. The van der Waals surface area contributed by atoms with Crippen LogP contribution in [0.3, 0.4) is 0 Å². The highest BCUT2D eigenvalue weighted by Crippen LogP contribution is 2.26. The highest BCUT2D eigenvalue weighted by atomic mass is 16.5. The Kier molecular flexibility index (Phi) is 4.71. The van der Waals surface area contributed by atoms with Crippen molar-refractivity contribution in [3.8, 4) is 0 Å². The van der Waals surface area contributed by atoms with E-state index in [-0.39, 0.29) is 5.97 Å². The number of carbonyl (C=O) groups is 1. The summed E-state index contributed by atoms with van der Waals surface area (Å²) in [4.78, 5) is 11.2. The number of rotatable bonds is 5. The molecule has 1 saturated heterocycles. The Morgan fingerprint density at radius 2 is 2.21 bits per heavy atom. The Morgan fingerprint density at radius 1 is 1.43 bits per heavy atom. The molecule has 1 unspecified atom stereocenters. The first kappa shape index (κ1) is 11.3. The molecule has 2 heteroatoms. The van der Waals surface area contributed by atoms with Gasteiger partial charge in [0.2, 0.25) is 0 Å². The molecule has 2 nitrogen and oxygen atoms in total. The van der Waals surface area contributed by atoms with E-state index in [1.165, 1.54) is 25.7 Å². The molecule has 0 spiro atoms. The van der Waals surface area contributed by atoms with Gasteiger partial charge in [-0.15, -0.1) is 0 Å². The maximum absolute atomic E-state index is 11.2. The Balaban J connectivity index is 2.22. The first-order valence-corrected chi connectivity index (χ1v) is 5.61. The first-order chi connectivity index (χ1) is 6.75. The van der Waals surface area contributed by atoms with Gasteiger partial charge in [-0.05, 0) is 18.8 Å². The minimum atomic E-state index is -0.184. The predicted molar refractivity (Wildman–Crippen MR) is 57.0 cm³/mol. The Bertz CT molecular complexity index is 208. The van der Waals surface area contributed by atoms with Crippen molar-refractivity contribution < 1.29 is 9.53 Å². The fourth-order valence-electron chi connectivity index (χ4n) is 1.86. The molecule has 1 atom stereocenters. The highest BCUT2D eigenvalue weighted by Gasteiger charge is 2.24. The average Bonchev–Trinajstić information content (AvgIpc) is 2.19. The number of cyclic esters (lactones) is 1. The Labute approximate surface area is 86.3 Å². The van der Waals surface area contributed by atoms with E-state index in [0.29, 0.717) is 18.1 Å². The van der Waals surface area contributed by atoms with E-state index in [1.807, 2.05) is 0 Å². The molecular formula is C12H20O2. The lowest BCUT2D eigenvalue weighted by atomic mass is 9.89. The van der Waals surface area contributed by atoms with Crippen LogP contribution in [-0.2, 0) is 9.53 Å². The SMILES string of the molecule is C=C1C(=O)OCCC1CCCCCC. The maximum Gasteiger partial charge on any atom is 0.333 e. The Morgan fingerprint density at radius 3 is 2.93 bits per heavy atom. The average molecular weight is 196 g/mol. The van der Waals surface area contributed by atoms with Crippen LogP contribution in [0.4, 0.5) is 0 Å². The first-order valence-electron chi connectivity index (χ1n) is 5.61. The van der Waals surface area contributed by atoms with Crippen LogP contribution < -0.4 is 0 Å². The van der Waals surface area contributed by atoms with E-state index in [0.717, 1.165) is 12.8 Å². The second-order valence-electron chi connectivity index (χ2n) is 4.00. The third-order valence-corrected chi connectivity index (χ3v) is 2.86. The second kappa shape index (κ2) is 5.84. The highest BCUT2D eigenvalue weighted by molar-refractivity contribution is 5.88. The largest absolute Gasteiger partial charge is 0.462 e. The topological polar surface area (TPSA) is 26.3 Å². The molecule has 0 aromatic carbocycles. The molecule has 0 N–H and O–H groups in total. The minimum Gasteiger partial charge on any atom is -0.462 e. The molecule has 1 rings (SSSR count). The summed E-state index contributed by atoms with van der Waals surface area (Å²) >= 11 is 0. The molecule has 0 radical (unpaired) electrons. The smallest absolute Gasteiger partial charge is 0.333 e. The Hall–Kier alpha value is -0.790. The molecular weight excluding hydrogens is 176 g/mol. The summed E-state index contributed by atoms with van der Waals surface area (Å²) in [7, 11) is 0. The third kappa shape index (κ3) is 3.17. The summed E-state index contributed by atoms with van der Waals surface area (Å²) in [5.74, 6) is 0.199. The molecule has 0 aliphatic carbocycles. The van der Waals surface area contributed by atoms with Crippen molar-refractivity contribution in [2.45, 2.75) is 45.4 Å². The fraction of sp³-hybridized carbons (Fsp3) is 0.750. The van der Waals surface area contributed by atoms with Crippen LogP contribution in [0.15, 0.2) is 12.2 Å². The van der Waals surface area contributed by atoms with Gasteiger partial charge in [0.1, 0.15) is 0 Å². The molecule has 1 fully saturated rings. The molecule has 0 saturated carbocycles. The summed E-state index contributed by atoms with van der Waals surface area (Å²) in [6.45, 7) is 6.59. The zero-order chi connectivity index (χ0) is 10.4. The molecule has 0 aromatic rings. The fourth-order valence-corrected chi connectivity index (χ4v) is 1.86. The van der Waals surface area contributed by atoms with Crippen molar-refractivity contribution in [2.75, 3.05) is 6.61 Å². The molecule has 1 aliphatic heterocycles. The molecule has 1 aliphatic rings. The van der Waals surface area contributed by atoms with Gasteiger partial charge in [0, 0.05) is 5.57 Å². The summed E-state index contributed by atoms with van der Waals surface area (Å²) in [5.41, 5.74) is 0.688. The number of ether oxygens (including phenoxy) is 1. The van der Waals surface area contributed by atoms with Crippen LogP contribution in [0, 0.1) is 5.92 Å². The van der Waals surface area contributed by atoms with E-state index < -0.39 is 0 Å². The van der Waals surface area contributed by atoms with Crippen LogP contribution in [0.1, 0.15) is 45.4 Å². The van der Waals surface area contributed by atoms with Crippen molar-refractivity contribution in [2.24, 2.45) is 5.92 Å². The standard InChI is InChI=1S/C12H20O2/c1-3-4-5-6-7-11-8-9-14-12(13)10(11)2/h11H,2-9H2,1H3. The van der Waals surface area contributed by atoms with Crippen LogP contribution >= 0.6 is 0 Å². The molecule has 14 heavy (non-hydrogen) atoms. The van der Waals surface area contributed by atoms with Gasteiger partial charge in [-0.1, -0.05) is 39.2 Å². The summed E-state index contributed by atoms with van der Waals surface area (Å²) in [6, 6.07) is 0. The normalized spacial score (nSPS) is 22.2. The van der Waals surface area contributed by atoms with Crippen molar-refractivity contribution in [1.29, 1.82) is 0 Å². The van der Waals surface area contributed by atoms with Crippen molar-refractivity contribution in [3.63, 3.8) is 0 Å². The van der Waals surface area contributed by atoms with E-state index in [4.69, 9.17) is 4.74 Å². The van der Waals surface area contributed by atoms with Gasteiger partial charge in [-0.2, -0.15) is 0 Å².